The third-order valence-electron chi connectivity index (χ3n) is 4.03. The van der Waals surface area contributed by atoms with Crippen LogP contribution in [0.1, 0.15) is 30.3 Å². The van der Waals surface area contributed by atoms with Gasteiger partial charge < -0.3 is 9.84 Å². The van der Waals surface area contributed by atoms with Gasteiger partial charge in [-0.1, -0.05) is 5.16 Å². The summed E-state index contributed by atoms with van der Waals surface area (Å²) in [5, 5.41) is 9.59. The maximum atomic E-state index is 12.3. The van der Waals surface area contributed by atoms with Crippen molar-refractivity contribution in [3.63, 3.8) is 0 Å². The molecular formula is C19H17N7O2S. The highest BCUT2D eigenvalue weighted by molar-refractivity contribution is 7.10. The minimum absolute atomic E-state index is 0.119. The van der Waals surface area contributed by atoms with Gasteiger partial charge in [0, 0.05) is 48.6 Å². The summed E-state index contributed by atoms with van der Waals surface area (Å²) in [6.07, 6.45) is 7.25. The van der Waals surface area contributed by atoms with Gasteiger partial charge in [0.2, 0.25) is 23.4 Å². The Morgan fingerprint density at radius 1 is 1.17 bits per heavy atom. The van der Waals surface area contributed by atoms with Gasteiger partial charge >= 0.3 is 0 Å². The molecule has 0 aliphatic rings. The van der Waals surface area contributed by atoms with Crippen LogP contribution in [0, 0.1) is 0 Å². The second-order valence-electron chi connectivity index (χ2n) is 6.19. The number of nitrogens with one attached hydrogen (secondary N) is 1. The summed E-state index contributed by atoms with van der Waals surface area (Å²) < 4.78 is 5.17. The normalized spacial score (nSPS) is 11.9. The molecule has 1 atom stereocenters. The molecule has 29 heavy (non-hydrogen) atoms. The maximum Gasteiger partial charge on any atom is 0.240 e. The highest BCUT2D eigenvalue weighted by Gasteiger charge is 2.16. The lowest BCUT2D eigenvalue weighted by Gasteiger charge is -2.10. The molecule has 0 spiro atoms. The van der Waals surface area contributed by atoms with Gasteiger partial charge in [0.1, 0.15) is 5.01 Å². The summed E-state index contributed by atoms with van der Waals surface area (Å²) in [5.41, 5.74) is 1.80. The summed E-state index contributed by atoms with van der Waals surface area (Å²) in [5.74, 6) is 0.934. The van der Waals surface area contributed by atoms with Crippen LogP contribution >= 0.6 is 11.3 Å². The summed E-state index contributed by atoms with van der Waals surface area (Å²) in [6, 6.07) is 5.33. The smallest absolute Gasteiger partial charge is 0.240 e. The number of thiazole rings is 1. The van der Waals surface area contributed by atoms with Gasteiger partial charge in [-0.25, -0.2) is 15.0 Å². The number of rotatable bonds is 7. The first kappa shape index (κ1) is 18.8. The Labute approximate surface area is 170 Å². The Balaban J connectivity index is 1.31. The number of carbonyl (C=O) groups excluding carboxylic acids is 1. The van der Waals surface area contributed by atoms with E-state index < -0.39 is 0 Å². The number of pyridine rings is 1. The van der Waals surface area contributed by atoms with Gasteiger partial charge in [0.05, 0.1) is 11.7 Å². The molecule has 146 valence electrons. The molecule has 0 aliphatic carbocycles. The Bertz CT molecular complexity index is 1080. The van der Waals surface area contributed by atoms with Crippen LogP contribution in [0.25, 0.3) is 22.9 Å². The van der Waals surface area contributed by atoms with Crippen molar-refractivity contribution in [2.24, 2.45) is 0 Å². The lowest BCUT2D eigenvalue weighted by molar-refractivity contribution is -0.121. The maximum absolute atomic E-state index is 12.3. The average molecular weight is 407 g/mol. The second-order valence-corrected chi connectivity index (χ2v) is 7.08. The first-order chi connectivity index (χ1) is 14.2. The predicted octanol–water partition coefficient (Wildman–Crippen LogP) is 2.86. The third kappa shape index (κ3) is 4.66. The number of hydrogen-bond acceptors (Lipinski definition) is 9. The number of nitrogens with zero attached hydrogens (tertiary/aromatic N) is 6. The van der Waals surface area contributed by atoms with Crippen molar-refractivity contribution >= 4 is 17.2 Å². The van der Waals surface area contributed by atoms with Crippen molar-refractivity contribution in [1.82, 2.24) is 35.4 Å². The predicted molar refractivity (Wildman–Crippen MR) is 106 cm³/mol. The zero-order chi connectivity index (χ0) is 20.1. The van der Waals surface area contributed by atoms with E-state index in [1.165, 1.54) is 11.3 Å². The lowest BCUT2D eigenvalue weighted by Crippen LogP contribution is -2.26. The van der Waals surface area contributed by atoms with E-state index in [9.17, 15) is 4.79 Å². The molecular weight excluding hydrogens is 390 g/mol. The van der Waals surface area contributed by atoms with Crippen LogP contribution < -0.4 is 5.32 Å². The number of carbonyl (C=O) groups is 1. The van der Waals surface area contributed by atoms with E-state index in [0.29, 0.717) is 24.0 Å². The monoisotopic (exact) mass is 407 g/mol. The van der Waals surface area contributed by atoms with Crippen LogP contribution in [-0.4, -0.2) is 36.0 Å². The second kappa shape index (κ2) is 8.65. The van der Waals surface area contributed by atoms with Gasteiger partial charge in [-0.2, -0.15) is 4.98 Å². The standard InChI is InChI=1S/C19H17N7O2S/c1-12(19-24-14(11-29-19)13-4-2-7-20-10-13)23-15(27)5-6-16-25-18(26-28-16)17-21-8-3-9-22-17/h2-4,7-12H,5-6H2,1H3,(H,23,27). The lowest BCUT2D eigenvalue weighted by atomic mass is 10.2. The van der Waals surface area contributed by atoms with Gasteiger partial charge in [-0.15, -0.1) is 11.3 Å². The topological polar surface area (TPSA) is 120 Å². The summed E-state index contributed by atoms with van der Waals surface area (Å²) in [4.78, 5) is 33.4. The summed E-state index contributed by atoms with van der Waals surface area (Å²) >= 11 is 1.50. The number of amides is 1. The molecule has 0 saturated heterocycles. The quantitative estimate of drug-likeness (QED) is 0.497. The van der Waals surface area contributed by atoms with Gasteiger partial charge in [-0.05, 0) is 25.1 Å². The molecule has 4 aromatic rings. The summed E-state index contributed by atoms with van der Waals surface area (Å²) in [7, 11) is 0. The van der Waals surface area contributed by atoms with E-state index in [2.05, 4.69) is 35.4 Å². The third-order valence-corrected chi connectivity index (χ3v) is 5.05. The molecule has 4 rings (SSSR count). The number of aromatic nitrogens is 6. The van der Waals surface area contributed by atoms with Crippen molar-refractivity contribution in [2.75, 3.05) is 0 Å². The molecule has 10 heteroatoms. The van der Waals surface area contributed by atoms with Crippen LogP contribution in [0.2, 0.25) is 0 Å². The first-order valence-corrected chi connectivity index (χ1v) is 9.82. The Morgan fingerprint density at radius 2 is 2.03 bits per heavy atom. The van der Waals surface area contributed by atoms with Crippen molar-refractivity contribution < 1.29 is 9.32 Å². The molecule has 0 saturated carbocycles. The zero-order valence-corrected chi connectivity index (χ0v) is 16.3. The first-order valence-electron chi connectivity index (χ1n) is 8.94. The number of aryl methyl sites for hydroxylation is 1. The van der Waals surface area contributed by atoms with E-state index in [4.69, 9.17) is 4.52 Å². The van der Waals surface area contributed by atoms with E-state index >= 15 is 0 Å². The van der Waals surface area contributed by atoms with Crippen LogP contribution in [-0.2, 0) is 11.2 Å². The highest BCUT2D eigenvalue weighted by Crippen LogP contribution is 2.24. The van der Waals surface area contributed by atoms with Gasteiger partial charge in [0.15, 0.2) is 0 Å². The Hall–Kier alpha value is -3.53. The van der Waals surface area contributed by atoms with Crippen LogP contribution in [0.5, 0.6) is 0 Å². The van der Waals surface area contributed by atoms with Crippen molar-refractivity contribution in [2.45, 2.75) is 25.8 Å². The average Bonchev–Trinajstić information content (AvgIpc) is 3.44. The summed E-state index contributed by atoms with van der Waals surface area (Å²) in [6.45, 7) is 1.90. The van der Waals surface area contributed by atoms with Crippen LogP contribution in [0.4, 0.5) is 0 Å². The molecule has 1 N–H and O–H groups in total. The molecule has 4 heterocycles. The molecule has 9 nitrogen and oxygen atoms in total. The minimum Gasteiger partial charge on any atom is -0.347 e. The van der Waals surface area contributed by atoms with Gasteiger partial charge in [0.25, 0.3) is 0 Å². The van der Waals surface area contributed by atoms with E-state index in [1.807, 2.05) is 24.4 Å². The SMILES string of the molecule is CC(NC(=O)CCc1nc(-c2ncccn2)no1)c1nc(-c2cccnc2)cs1. The van der Waals surface area contributed by atoms with E-state index in [0.717, 1.165) is 16.3 Å². The fraction of sp³-hybridized carbons (Fsp3) is 0.211. The van der Waals surface area contributed by atoms with Crippen molar-refractivity contribution in [1.29, 1.82) is 0 Å². The van der Waals surface area contributed by atoms with Crippen molar-refractivity contribution in [3.05, 3.63) is 59.3 Å². The van der Waals surface area contributed by atoms with E-state index in [-0.39, 0.29) is 18.4 Å². The molecule has 4 aromatic heterocycles. The minimum atomic E-state index is -0.200. The molecule has 0 aliphatic heterocycles. The molecule has 0 aromatic carbocycles. The van der Waals surface area contributed by atoms with Gasteiger partial charge in [-0.3, -0.25) is 9.78 Å². The largest absolute Gasteiger partial charge is 0.347 e. The Kier molecular flexibility index (Phi) is 5.61. The highest BCUT2D eigenvalue weighted by atomic mass is 32.1. The Morgan fingerprint density at radius 3 is 2.83 bits per heavy atom. The van der Waals surface area contributed by atoms with Crippen LogP contribution in [0.15, 0.2) is 52.9 Å². The van der Waals surface area contributed by atoms with Crippen LogP contribution in [0.3, 0.4) is 0 Å². The van der Waals surface area contributed by atoms with Crippen molar-refractivity contribution in [3.8, 4) is 22.9 Å². The zero-order valence-electron chi connectivity index (χ0n) is 15.5. The molecule has 0 radical (unpaired) electrons. The molecule has 1 amide bonds. The number of hydrogen-bond donors (Lipinski definition) is 1. The fourth-order valence-corrected chi connectivity index (χ4v) is 3.43. The molecule has 1 unspecified atom stereocenters. The van der Waals surface area contributed by atoms with E-state index in [1.54, 1.807) is 30.9 Å². The molecule has 0 bridgehead atoms. The molecule has 0 fully saturated rings. The fourth-order valence-electron chi connectivity index (χ4n) is 2.59.